The molecule has 2 aromatic rings. The van der Waals surface area contributed by atoms with Gasteiger partial charge >= 0.3 is 0 Å². The minimum atomic E-state index is -0.447. The van der Waals surface area contributed by atoms with Crippen LogP contribution in [0.3, 0.4) is 0 Å². The van der Waals surface area contributed by atoms with Crippen molar-refractivity contribution in [1.82, 2.24) is 0 Å². The van der Waals surface area contributed by atoms with Crippen molar-refractivity contribution < 1.29 is 19.7 Å². The van der Waals surface area contributed by atoms with Crippen LogP contribution >= 0.6 is 70.6 Å². The molecule has 10 heteroatoms. The molecule has 0 aromatic heterocycles. The predicted molar refractivity (Wildman–Crippen MR) is 171 cm³/mol. The number of hydrogen-bond acceptors (Lipinski definition) is 10. The van der Waals surface area contributed by atoms with Gasteiger partial charge in [-0.25, -0.2) is 0 Å². The third-order valence-corrected chi connectivity index (χ3v) is 14.9. The van der Waals surface area contributed by atoms with Gasteiger partial charge in [-0.05, 0) is 41.8 Å². The van der Waals surface area contributed by atoms with Gasteiger partial charge in [-0.15, -0.1) is 47.0 Å². The first-order valence-corrected chi connectivity index (χ1v) is 19.1. The van der Waals surface area contributed by atoms with E-state index in [0.717, 1.165) is 29.4 Å². The monoisotopic (exact) mass is 616 g/mol. The lowest BCUT2D eigenvalue weighted by atomic mass is 10.0. The Kier molecular flexibility index (Phi) is 13.8. The molecule has 2 aliphatic heterocycles. The number of ether oxygens (including phenoxy) is 2. The highest BCUT2D eigenvalue weighted by molar-refractivity contribution is 8.21. The van der Waals surface area contributed by atoms with E-state index in [0.29, 0.717) is 33.9 Å². The molecule has 0 bridgehead atoms. The van der Waals surface area contributed by atoms with Crippen LogP contribution in [0, 0.1) is 0 Å². The van der Waals surface area contributed by atoms with E-state index in [1.54, 1.807) is 0 Å². The van der Waals surface area contributed by atoms with Crippen molar-refractivity contribution in [3.8, 4) is 11.5 Å². The topological polar surface area (TPSA) is 58.9 Å². The first-order chi connectivity index (χ1) is 18.1. The summed E-state index contributed by atoms with van der Waals surface area (Å²) in [5, 5.41) is 20.4. The summed E-state index contributed by atoms with van der Waals surface area (Å²) in [7, 11) is 0. The smallest absolute Gasteiger partial charge is 0.119 e. The summed E-state index contributed by atoms with van der Waals surface area (Å²) < 4.78 is 12.9. The van der Waals surface area contributed by atoms with E-state index in [1.165, 1.54) is 34.1 Å². The van der Waals surface area contributed by atoms with E-state index in [-0.39, 0.29) is 0 Å². The molecule has 0 radical (unpaired) electrons. The second kappa shape index (κ2) is 17.0. The highest BCUT2D eigenvalue weighted by atomic mass is 32.2. The van der Waals surface area contributed by atoms with Crippen molar-refractivity contribution in [2.45, 2.75) is 27.8 Å². The van der Waals surface area contributed by atoms with E-state index in [9.17, 15) is 10.2 Å². The number of thioether (sulfide) groups is 6. The molecule has 2 aromatic carbocycles. The van der Waals surface area contributed by atoms with E-state index in [1.807, 2.05) is 94.8 Å². The normalized spacial score (nSPS) is 18.2. The zero-order chi connectivity index (χ0) is 25.7. The number of hydrogen-bond donors (Lipinski definition) is 2. The lowest BCUT2D eigenvalue weighted by molar-refractivity contribution is 0.126. The van der Waals surface area contributed by atoms with Crippen LogP contribution in [-0.4, -0.2) is 90.8 Å². The van der Waals surface area contributed by atoms with Crippen molar-refractivity contribution in [3.63, 3.8) is 0 Å². The summed E-state index contributed by atoms with van der Waals surface area (Å²) in [6.45, 7) is 0.648. The molecule has 0 amide bonds. The van der Waals surface area contributed by atoms with Crippen LogP contribution in [0.25, 0.3) is 0 Å². The van der Waals surface area contributed by atoms with Gasteiger partial charge < -0.3 is 19.7 Å². The Bertz CT molecular complexity index is 815. The van der Waals surface area contributed by atoms with Gasteiger partial charge in [-0.3, -0.25) is 0 Å². The molecule has 2 N–H and O–H groups in total. The molecule has 2 aliphatic rings. The molecule has 2 unspecified atom stereocenters. The van der Waals surface area contributed by atoms with Crippen LogP contribution in [0.4, 0.5) is 0 Å². The summed E-state index contributed by atoms with van der Waals surface area (Å²) in [5.74, 6) is 10.2. The fourth-order valence-corrected chi connectivity index (χ4v) is 12.3. The Labute approximate surface area is 247 Å². The van der Waals surface area contributed by atoms with E-state index >= 15 is 0 Å². The van der Waals surface area contributed by atoms with Gasteiger partial charge in [0.1, 0.15) is 24.7 Å². The molecular formula is C27H36O4S6. The molecule has 4 rings (SSSR count). The Balaban J connectivity index is 1.09. The Morgan fingerprint density at radius 3 is 1.41 bits per heavy atom. The minimum Gasteiger partial charge on any atom is -0.491 e. The van der Waals surface area contributed by atoms with Crippen LogP contribution in [-0.2, 0) is 6.42 Å². The third kappa shape index (κ3) is 11.6. The fourth-order valence-electron chi connectivity index (χ4n) is 3.73. The minimum absolute atomic E-state index is 0.324. The summed E-state index contributed by atoms with van der Waals surface area (Å²) in [5.41, 5.74) is 2.41. The van der Waals surface area contributed by atoms with E-state index in [2.05, 4.69) is 24.3 Å². The molecular weight excluding hydrogens is 581 g/mol. The Morgan fingerprint density at radius 1 is 0.649 bits per heavy atom. The zero-order valence-electron chi connectivity index (χ0n) is 20.9. The Morgan fingerprint density at radius 2 is 1.03 bits per heavy atom. The SMILES string of the molecule is OC(COc1ccc(Cc2ccc(OCC(O)CSCC3SCCS3)cc2)cc1)CSCC1SCCS1. The summed E-state index contributed by atoms with van der Waals surface area (Å²) in [6.07, 6.45) is -0.0680. The van der Waals surface area contributed by atoms with Crippen molar-refractivity contribution in [1.29, 1.82) is 0 Å². The molecule has 0 saturated carbocycles. The summed E-state index contributed by atoms with van der Waals surface area (Å²) in [6, 6.07) is 16.2. The highest BCUT2D eigenvalue weighted by Crippen LogP contribution is 2.35. The maximum Gasteiger partial charge on any atom is 0.119 e. The molecule has 37 heavy (non-hydrogen) atoms. The van der Waals surface area contributed by atoms with Crippen molar-refractivity contribution in [2.75, 3.05) is 59.2 Å². The first kappa shape index (κ1) is 30.0. The molecule has 2 heterocycles. The van der Waals surface area contributed by atoms with Gasteiger partial charge in [0.25, 0.3) is 0 Å². The standard InChI is InChI=1S/C27H36O4S6/c28-22(16-32-18-26-34-9-10-35-26)14-30-24-5-1-20(2-6-24)13-21-3-7-25(8-4-21)31-15-23(29)17-33-19-27-36-11-12-37-27/h1-8,22-23,26-29H,9-19H2. The molecule has 2 atom stereocenters. The van der Waals surface area contributed by atoms with E-state index < -0.39 is 12.2 Å². The molecule has 204 valence electrons. The molecule has 2 fully saturated rings. The van der Waals surface area contributed by atoms with Crippen molar-refractivity contribution in [3.05, 3.63) is 59.7 Å². The maximum atomic E-state index is 10.2. The second-order valence-corrected chi connectivity index (χ2v) is 16.8. The van der Waals surface area contributed by atoms with Crippen molar-refractivity contribution in [2.24, 2.45) is 0 Å². The van der Waals surface area contributed by atoms with Gasteiger partial charge in [0, 0.05) is 46.0 Å². The summed E-state index contributed by atoms with van der Waals surface area (Å²) in [4.78, 5) is 0. The molecule has 4 nitrogen and oxygen atoms in total. The molecule has 2 saturated heterocycles. The average Bonchev–Trinajstić information content (AvgIpc) is 3.63. The second-order valence-electron chi connectivity index (χ2n) is 8.81. The maximum absolute atomic E-state index is 10.2. The number of benzene rings is 2. The highest BCUT2D eigenvalue weighted by Gasteiger charge is 2.18. The molecule has 0 aliphatic carbocycles. The van der Waals surface area contributed by atoms with Crippen LogP contribution < -0.4 is 9.47 Å². The van der Waals surface area contributed by atoms with Gasteiger partial charge in [-0.2, -0.15) is 23.5 Å². The average molecular weight is 617 g/mol. The van der Waals surface area contributed by atoms with Gasteiger partial charge in [0.15, 0.2) is 0 Å². The summed E-state index contributed by atoms with van der Waals surface area (Å²) >= 11 is 11.7. The molecule has 0 spiro atoms. The van der Waals surface area contributed by atoms with Crippen LogP contribution in [0.15, 0.2) is 48.5 Å². The van der Waals surface area contributed by atoms with Gasteiger partial charge in [-0.1, -0.05) is 24.3 Å². The lowest BCUT2D eigenvalue weighted by Crippen LogP contribution is -2.20. The van der Waals surface area contributed by atoms with Crippen LogP contribution in [0.2, 0.25) is 0 Å². The fraction of sp³-hybridized carbons (Fsp3) is 0.556. The predicted octanol–water partition coefficient (Wildman–Crippen LogP) is 5.84. The zero-order valence-corrected chi connectivity index (χ0v) is 25.8. The quantitative estimate of drug-likeness (QED) is 0.241. The first-order valence-electron chi connectivity index (χ1n) is 12.6. The third-order valence-electron chi connectivity index (χ3n) is 5.65. The van der Waals surface area contributed by atoms with Crippen molar-refractivity contribution >= 4 is 70.6 Å². The lowest BCUT2D eigenvalue weighted by Gasteiger charge is -2.14. The number of aliphatic hydroxyl groups is 2. The largest absolute Gasteiger partial charge is 0.491 e. The number of rotatable bonds is 16. The number of aliphatic hydroxyl groups excluding tert-OH is 2. The van der Waals surface area contributed by atoms with Gasteiger partial charge in [0.05, 0.1) is 21.4 Å². The van der Waals surface area contributed by atoms with Crippen LogP contribution in [0.1, 0.15) is 11.1 Å². The van der Waals surface area contributed by atoms with Gasteiger partial charge in [0.2, 0.25) is 0 Å². The van der Waals surface area contributed by atoms with Crippen LogP contribution in [0.5, 0.6) is 11.5 Å². The van der Waals surface area contributed by atoms with E-state index in [4.69, 9.17) is 9.47 Å². The Hall–Kier alpha value is 0.0600.